The van der Waals surface area contributed by atoms with E-state index in [1.807, 2.05) is 24.3 Å². The monoisotopic (exact) mass is 269 g/mol. The van der Waals surface area contributed by atoms with Gasteiger partial charge in [0, 0.05) is 4.47 Å². The Labute approximate surface area is 96.9 Å². The predicted molar refractivity (Wildman–Crippen MR) is 60.4 cm³/mol. The molecule has 4 heteroatoms. The summed E-state index contributed by atoms with van der Waals surface area (Å²) < 4.78 is 6.39. The van der Waals surface area contributed by atoms with Crippen molar-refractivity contribution in [1.82, 2.24) is 5.32 Å². The highest BCUT2D eigenvalue weighted by molar-refractivity contribution is 9.10. The van der Waals surface area contributed by atoms with Crippen LogP contribution in [0.2, 0.25) is 0 Å². The number of hydrogen-bond acceptors (Lipinski definition) is 2. The van der Waals surface area contributed by atoms with Crippen LogP contribution in [0.25, 0.3) is 0 Å². The summed E-state index contributed by atoms with van der Waals surface area (Å²) >= 11 is 3.37. The summed E-state index contributed by atoms with van der Waals surface area (Å²) in [4.78, 5) is 11.4. The molecule has 15 heavy (non-hydrogen) atoms. The Kier molecular flexibility index (Phi) is 3.07. The van der Waals surface area contributed by atoms with Crippen LogP contribution < -0.4 is 5.32 Å². The van der Waals surface area contributed by atoms with Crippen molar-refractivity contribution < 1.29 is 9.53 Å². The van der Waals surface area contributed by atoms with E-state index >= 15 is 0 Å². The first kappa shape index (κ1) is 10.6. The molecule has 1 aliphatic rings. The normalized spacial score (nSPS) is 26.1. The molecule has 0 aliphatic carbocycles. The maximum atomic E-state index is 11.4. The van der Waals surface area contributed by atoms with Gasteiger partial charge in [-0.25, -0.2) is 0 Å². The minimum Gasteiger partial charge on any atom is -0.366 e. The zero-order chi connectivity index (χ0) is 10.8. The van der Waals surface area contributed by atoms with Gasteiger partial charge in [0.05, 0.1) is 12.6 Å². The number of benzene rings is 1. The van der Waals surface area contributed by atoms with E-state index < -0.39 is 0 Å². The number of rotatable bonds is 1. The van der Waals surface area contributed by atoms with Crippen molar-refractivity contribution in [2.75, 3.05) is 6.61 Å². The highest BCUT2D eigenvalue weighted by atomic mass is 79.9. The van der Waals surface area contributed by atoms with Gasteiger partial charge in [-0.1, -0.05) is 28.1 Å². The van der Waals surface area contributed by atoms with Crippen LogP contribution in [0.3, 0.4) is 0 Å². The molecule has 1 aromatic rings. The minimum atomic E-state index is -0.336. The quantitative estimate of drug-likeness (QED) is 0.847. The van der Waals surface area contributed by atoms with E-state index in [2.05, 4.69) is 21.2 Å². The molecule has 2 unspecified atom stereocenters. The highest BCUT2D eigenvalue weighted by Crippen LogP contribution is 2.20. The second-order valence-corrected chi connectivity index (χ2v) is 4.50. The molecule has 1 fully saturated rings. The van der Waals surface area contributed by atoms with E-state index in [1.165, 1.54) is 0 Å². The van der Waals surface area contributed by atoms with Crippen LogP contribution in [0.1, 0.15) is 18.5 Å². The zero-order valence-corrected chi connectivity index (χ0v) is 9.95. The molecular formula is C11H12BrNO2. The molecule has 0 aromatic heterocycles. The molecule has 1 heterocycles. The van der Waals surface area contributed by atoms with Crippen LogP contribution in [0.5, 0.6) is 0 Å². The van der Waals surface area contributed by atoms with Gasteiger partial charge >= 0.3 is 0 Å². The molecule has 1 amide bonds. The van der Waals surface area contributed by atoms with Crippen molar-refractivity contribution in [3.8, 4) is 0 Å². The van der Waals surface area contributed by atoms with E-state index in [0.29, 0.717) is 6.61 Å². The molecule has 0 bridgehead atoms. The molecule has 0 saturated carbocycles. The van der Waals surface area contributed by atoms with Crippen molar-refractivity contribution in [1.29, 1.82) is 0 Å². The Balaban J connectivity index is 2.12. The third-order valence-corrected chi connectivity index (χ3v) is 3.00. The molecule has 1 N–H and O–H groups in total. The first-order valence-corrected chi connectivity index (χ1v) is 5.63. The van der Waals surface area contributed by atoms with E-state index in [-0.39, 0.29) is 18.1 Å². The van der Waals surface area contributed by atoms with Gasteiger partial charge in [0.2, 0.25) is 5.91 Å². The van der Waals surface area contributed by atoms with Gasteiger partial charge in [-0.05, 0) is 24.6 Å². The Hall–Kier alpha value is -0.870. The van der Waals surface area contributed by atoms with Gasteiger partial charge in [0.25, 0.3) is 0 Å². The summed E-state index contributed by atoms with van der Waals surface area (Å²) in [6.07, 6.45) is -0.336. The maximum Gasteiger partial charge on any atom is 0.249 e. The van der Waals surface area contributed by atoms with Crippen molar-refractivity contribution in [3.05, 3.63) is 34.3 Å². The molecule has 3 nitrogen and oxygen atoms in total. The van der Waals surface area contributed by atoms with Gasteiger partial charge in [0.1, 0.15) is 6.10 Å². The van der Waals surface area contributed by atoms with Gasteiger partial charge in [0.15, 0.2) is 0 Å². The Morgan fingerprint density at radius 2 is 2.07 bits per heavy atom. The summed E-state index contributed by atoms with van der Waals surface area (Å²) in [5.74, 6) is -0.0471. The second kappa shape index (κ2) is 4.33. The topological polar surface area (TPSA) is 38.3 Å². The van der Waals surface area contributed by atoms with E-state index in [9.17, 15) is 4.79 Å². The average Bonchev–Trinajstić information content (AvgIpc) is 2.23. The van der Waals surface area contributed by atoms with Crippen LogP contribution in [-0.4, -0.2) is 18.6 Å². The molecule has 2 atom stereocenters. The Bertz CT molecular complexity index is 363. The van der Waals surface area contributed by atoms with E-state index in [0.717, 1.165) is 10.0 Å². The van der Waals surface area contributed by atoms with Gasteiger partial charge < -0.3 is 10.1 Å². The second-order valence-electron chi connectivity index (χ2n) is 3.59. The fraction of sp³-hybridized carbons (Fsp3) is 0.364. The predicted octanol–water partition coefficient (Wildman–Crippen LogP) is 2.03. The number of carbonyl (C=O) groups is 1. The first-order chi connectivity index (χ1) is 7.16. The Morgan fingerprint density at radius 3 is 2.67 bits per heavy atom. The summed E-state index contributed by atoms with van der Waals surface area (Å²) in [5, 5.41) is 2.92. The van der Waals surface area contributed by atoms with Crippen LogP contribution >= 0.6 is 15.9 Å². The minimum absolute atomic E-state index is 0.0261. The molecular weight excluding hydrogens is 258 g/mol. The number of amides is 1. The van der Waals surface area contributed by atoms with Gasteiger partial charge in [-0.2, -0.15) is 0 Å². The third-order valence-electron chi connectivity index (χ3n) is 2.47. The molecule has 1 aromatic carbocycles. The maximum absolute atomic E-state index is 11.4. The number of morpholine rings is 1. The molecule has 0 spiro atoms. The lowest BCUT2D eigenvalue weighted by molar-refractivity contribution is -0.139. The van der Waals surface area contributed by atoms with Crippen molar-refractivity contribution >= 4 is 21.8 Å². The van der Waals surface area contributed by atoms with Crippen LogP contribution in [0.15, 0.2) is 28.7 Å². The molecule has 80 valence electrons. The molecule has 1 aliphatic heterocycles. The number of ether oxygens (including phenoxy) is 1. The third kappa shape index (κ3) is 2.38. The standard InChI is InChI=1S/C11H12BrNO2/c1-7-11(14)13-10(6-15-7)8-2-4-9(12)5-3-8/h2-5,7,10H,6H2,1H3,(H,13,14). The lowest BCUT2D eigenvalue weighted by Crippen LogP contribution is -2.44. The Morgan fingerprint density at radius 1 is 1.40 bits per heavy atom. The van der Waals surface area contributed by atoms with Crippen LogP contribution in [0.4, 0.5) is 0 Å². The van der Waals surface area contributed by atoms with Crippen molar-refractivity contribution in [2.45, 2.75) is 19.1 Å². The van der Waals surface area contributed by atoms with Gasteiger partial charge in [-0.15, -0.1) is 0 Å². The highest BCUT2D eigenvalue weighted by Gasteiger charge is 2.25. The average molecular weight is 270 g/mol. The fourth-order valence-electron chi connectivity index (χ4n) is 1.52. The SMILES string of the molecule is CC1OCC(c2ccc(Br)cc2)NC1=O. The lowest BCUT2D eigenvalue weighted by atomic mass is 10.1. The number of halogens is 1. The molecule has 1 saturated heterocycles. The van der Waals surface area contributed by atoms with Crippen molar-refractivity contribution in [3.63, 3.8) is 0 Å². The summed E-state index contributed by atoms with van der Waals surface area (Å²) in [5.41, 5.74) is 1.07. The van der Waals surface area contributed by atoms with Crippen LogP contribution in [-0.2, 0) is 9.53 Å². The zero-order valence-electron chi connectivity index (χ0n) is 8.37. The molecule has 0 radical (unpaired) electrons. The molecule has 2 rings (SSSR count). The smallest absolute Gasteiger partial charge is 0.249 e. The largest absolute Gasteiger partial charge is 0.366 e. The van der Waals surface area contributed by atoms with E-state index in [1.54, 1.807) is 6.92 Å². The summed E-state index contributed by atoms with van der Waals surface area (Å²) in [6, 6.07) is 7.85. The summed E-state index contributed by atoms with van der Waals surface area (Å²) in [6.45, 7) is 2.29. The van der Waals surface area contributed by atoms with Crippen molar-refractivity contribution in [2.24, 2.45) is 0 Å². The summed E-state index contributed by atoms with van der Waals surface area (Å²) in [7, 11) is 0. The van der Waals surface area contributed by atoms with Gasteiger partial charge in [-0.3, -0.25) is 4.79 Å². The first-order valence-electron chi connectivity index (χ1n) is 4.84. The lowest BCUT2D eigenvalue weighted by Gasteiger charge is -2.27. The van der Waals surface area contributed by atoms with E-state index in [4.69, 9.17) is 4.74 Å². The number of carbonyl (C=O) groups excluding carboxylic acids is 1. The number of nitrogens with one attached hydrogen (secondary N) is 1. The van der Waals surface area contributed by atoms with Crippen LogP contribution in [0, 0.1) is 0 Å². The number of hydrogen-bond donors (Lipinski definition) is 1. The fourth-order valence-corrected chi connectivity index (χ4v) is 1.79.